The van der Waals surface area contributed by atoms with Crippen molar-refractivity contribution in [3.05, 3.63) is 29.8 Å². The molecular weight excluding hydrogens is 332 g/mol. The van der Waals surface area contributed by atoms with Crippen LogP contribution < -0.4 is 0 Å². The zero-order valence-electron chi connectivity index (χ0n) is 11.8. The number of hydrogen-bond acceptors (Lipinski definition) is 5. The molecule has 0 amide bonds. The van der Waals surface area contributed by atoms with E-state index in [0.717, 1.165) is 12.5 Å². The van der Waals surface area contributed by atoms with E-state index in [-0.39, 0.29) is 17.1 Å². The summed E-state index contributed by atoms with van der Waals surface area (Å²) in [6.45, 7) is 0. The van der Waals surface area contributed by atoms with Gasteiger partial charge in [0.25, 0.3) is 0 Å². The molecule has 0 fully saturated rings. The third-order valence-electron chi connectivity index (χ3n) is 2.74. The van der Waals surface area contributed by atoms with Crippen molar-refractivity contribution >= 4 is 21.6 Å². The molecule has 0 aliphatic carbocycles. The van der Waals surface area contributed by atoms with Gasteiger partial charge in [0.05, 0.1) is 0 Å². The van der Waals surface area contributed by atoms with E-state index in [1.807, 2.05) is 0 Å². The van der Waals surface area contributed by atoms with E-state index in [0.29, 0.717) is 17.3 Å². The van der Waals surface area contributed by atoms with Gasteiger partial charge in [-0.25, -0.2) is 22.2 Å². The largest absolute Gasteiger partial charge is 0.258 e. The minimum absolute atomic E-state index is 0.162. The third kappa shape index (κ3) is 5.38. The number of nitrogens with zero attached hydrogens (tertiary/aromatic N) is 2. The number of H-pyrrole nitrogens is 1. The van der Waals surface area contributed by atoms with Crippen LogP contribution in [0.15, 0.2) is 23.4 Å². The minimum atomic E-state index is -2.93. The summed E-state index contributed by atoms with van der Waals surface area (Å²) in [5.41, 5.74) is 0.286. The fraction of sp³-hybridized carbons (Fsp3) is 0.385. The summed E-state index contributed by atoms with van der Waals surface area (Å²) in [6, 6.07) is 3.13. The lowest BCUT2D eigenvalue weighted by Crippen LogP contribution is -2.02. The quantitative estimate of drug-likeness (QED) is 0.615. The minimum Gasteiger partial charge on any atom is -0.258 e. The fourth-order valence-electron chi connectivity index (χ4n) is 1.76. The maximum Gasteiger partial charge on any atom is 0.208 e. The van der Waals surface area contributed by atoms with E-state index >= 15 is 0 Å². The van der Waals surface area contributed by atoms with E-state index in [4.69, 9.17) is 0 Å². The van der Waals surface area contributed by atoms with Crippen LogP contribution in [0.1, 0.15) is 12.8 Å². The average Bonchev–Trinajstić information content (AvgIpc) is 2.84. The van der Waals surface area contributed by atoms with Gasteiger partial charge >= 0.3 is 0 Å². The summed E-state index contributed by atoms with van der Waals surface area (Å²) < 4.78 is 48.3. The Kier molecular flexibility index (Phi) is 5.52. The molecule has 1 N–H and O–H groups in total. The molecule has 5 nitrogen and oxygen atoms in total. The highest BCUT2D eigenvalue weighted by Crippen LogP contribution is 2.21. The first-order valence-corrected chi connectivity index (χ1v) is 9.57. The van der Waals surface area contributed by atoms with Crippen molar-refractivity contribution in [2.75, 3.05) is 17.8 Å². The number of hydrogen-bond donors (Lipinski definition) is 1. The molecule has 0 aliphatic rings. The van der Waals surface area contributed by atoms with Crippen molar-refractivity contribution in [1.29, 1.82) is 0 Å². The Bertz CT molecular complexity index is 727. The lowest BCUT2D eigenvalue weighted by Gasteiger charge is -1.98. The molecule has 0 saturated carbocycles. The number of sulfone groups is 1. The van der Waals surface area contributed by atoms with Crippen LogP contribution in [-0.2, 0) is 9.84 Å². The number of nitrogens with one attached hydrogen (secondary N) is 1. The lowest BCUT2D eigenvalue weighted by atomic mass is 10.2. The van der Waals surface area contributed by atoms with Crippen LogP contribution in [0.4, 0.5) is 8.78 Å². The van der Waals surface area contributed by atoms with Gasteiger partial charge in [0.2, 0.25) is 5.16 Å². The van der Waals surface area contributed by atoms with Gasteiger partial charge in [0.15, 0.2) is 5.82 Å². The first kappa shape index (κ1) is 16.9. The maximum atomic E-state index is 13.1. The number of thioether (sulfide) groups is 1. The van der Waals surface area contributed by atoms with Crippen LogP contribution >= 0.6 is 11.8 Å². The SMILES string of the molecule is CS(=O)(=O)CCCCSc1n[nH]c(-c2cc(F)cc(F)c2)n1. The van der Waals surface area contributed by atoms with Crippen molar-refractivity contribution in [1.82, 2.24) is 15.2 Å². The van der Waals surface area contributed by atoms with Gasteiger partial charge in [-0.3, -0.25) is 5.10 Å². The Morgan fingerprint density at radius 3 is 2.50 bits per heavy atom. The van der Waals surface area contributed by atoms with Crippen LogP contribution in [0, 0.1) is 11.6 Å². The molecule has 0 aliphatic heterocycles. The third-order valence-corrected chi connectivity index (χ3v) is 4.71. The van der Waals surface area contributed by atoms with Crippen LogP contribution in [-0.4, -0.2) is 41.4 Å². The van der Waals surface area contributed by atoms with Crippen LogP contribution in [0.25, 0.3) is 11.4 Å². The van der Waals surface area contributed by atoms with Gasteiger partial charge in [-0.2, -0.15) is 0 Å². The summed E-state index contributed by atoms with van der Waals surface area (Å²) in [6.07, 6.45) is 2.51. The maximum absolute atomic E-state index is 13.1. The molecule has 2 aromatic rings. The van der Waals surface area contributed by atoms with Crippen LogP contribution in [0.5, 0.6) is 0 Å². The molecule has 0 saturated heterocycles. The van der Waals surface area contributed by atoms with Gasteiger partial charge in [-0.15, -0.1) is 5.10 Å². The van der Waals surface area contributed by atoms with E-state index in [1.165, 1.54) is 30.2 Å². The van der Waals surface area contributed by atoms with Gasteiger partial charge in [-0.05, 0) is 25.0 Å². The Hall–Kier alpha value is -1.48. The van der Waals surface area contributed by atoms with Crippen LogP contribution in [0.3, 0.4) is 0 Å². The topological polar surface area (TPSA) is 75.7 Å². The molecule has 1 heterocycles. The number of unbranched alkanes of at least 4 members (excludes halogenated alkanes) is 1. The van der Waals surface area contributed by atoms with Crippen molar-refractivity contribution in [2.24, 2.45) is 0 Å². The molecule has 0 unspecified atom stereocenters. The molecule has 0 bridgehead atoms. The smallest absolute Gasteiger partial charge is 0.208 e. The second-order valence-corrected chi connectivity index (χ2v) is 8.13. The summed E-state index contributed by atoms with van der Waals surface area (Å²) in [4.78, 5) is 4.15. The first-order chi connectivity index (χ1) is 10.3. The molecule has 0 spiro atoms. The summed E-state index contributed by atoms with van der Waals surface area (Å²) in [7, 11) is -2.93. The molecule has 1 aromatic heterocycles. The van der Waals surface area contributed by atoms with Gasteiger partial charge in [0, 0.05) is 29.4 Å². The Morgan fingerprint density at radius 2 is 1.86 bits per heavy atom. The molecule has 2 rings (SSSR count). The molecule has 120 valence electrons. The van der Waals surface area contributed by atoms with E-state index in [1.54, 1.807) is 0 Å². The molecule has 0 radical (unpaired) electrons. The zero-order valence-corrected chi connectivity index (χ0v) is 13.5. The predicted octanol–water partition coefficient (Wildman–Crippen LogP) is 2.67. The first-order valence-electron chi connectivity index (χ1n) is 6.53. The Balaban J connectivity index is 1.89. The Morgan fingerprint density at radius 1 is 1.18 bits per heavy atom. The Labute approximate surface area is 131 Å². The van der Waals surface area contributed by atoms with Crippen molar-refractivity contribution in [3.63, 3.8) is 0 Å². The lowest BCUT2D eigenvalue weighted by molar-refractivity contribution is 0.584. The summed E-state index contributed by atoms with van der Waals surface area (Å²) in [5.74, 6) is -0.237. The second-order valence-electron chi connectivity index (χ2n) is 4.81. The zero-order chi connectivity index (χ0) is 16.2. The fourth-order valence-corrected chi connectivity index (χ4v) is 3.29. The molecule has 1 aromatic carbocycles. The monoisotopic (exact) mass is 347 g/mol. The van der Waals surface area contributed by atoms with Crippen molar-refractivity contribution < 1.29 is 17.2 Å². The summed E-state index contributed by atoms with van der Waals surface area (Å²) >= 11 is 1.36. The number of benzene rings is 1. The summed E-state index contributed by atoms with van der Waals surface area (Å²) in [5, 5.41) is 7.05. The normalized spacial score (nSPS) is 11.8. The standard InChI is InChI=1S/C13H15F2N3O2S2/c1-22(19,20)5-3-2-4-21-13-16-12(17-18-13)9-6-10(14)8-11(15)7-9/h6-8H,2-5H2,1H3,(H,16,17,18). The molecule has 9 heteroatoms. The van der Waals surface area contributed by atoms with Gasteiger partial charge in [0.1, 0.15) is 21.5 Å². The number of aromatic amines is 1. The molecule has 0 atom stereocenters. The highest BCUT2D eigenvalue weighted by atomic mass is 32.2. The molecule has 22 heavy (non-hydrogen) atoms. The van der Waals surface area contributed by atoms with Crippen molar-refractivity contribution in [2.45, 2.75) is 18.0 Å². The van der Waals surface area contributed by atoms with Crippen molar-refractivity contribution in [3.8, 4) is 11.4 Å². The highest BCUT2D eigenvalue weighted by molar-refractivity contribution is 7.99. The molecular formula is C13H15F2N3O2S2. The second kappa shape index (κ2) is 7.19. The average molecular weight is 347 g/mol. The van der Waals surface area contributed by atoms with Crippen LogP contribution in [0.2, 0.25) is 0 Å². The number of rotatable bonds is 7. The van der Waals surface area contributed by atoms with Gasteiger partial charge in [-0.1, -0.05) is 11.8 Å². The van der Waals surface area contributed by atoms with Gasteiger partial charge < -0.3 is 0 Å². The highest BCUT2D eigenvalue weighted by Gasteiger charge is 2.09. The van der Waals surface area contributed by atoms with E-state index in [2.05, 4.69) is 15.2 Å². The van der Waals surface area contributed by atoms with E-state index < -0.39 is 21.5 Å². The predicted molar refractivity (Wildman–Crippen MR) is 81.4 cm³/mol. The number of aromatic nitrogens is 3. The van der Waals surface area contributed by atoms with E-state index in [9.17, 15) is 17.2 Å². The number of halogens is 2.